The van der Waals surface area contributed by atoms with Crippen LogP contribution in [0.4, 0.5) is 0 Å². The predicted octanol–water partition coefficient (Wildman–Crippen LogP) is 1.34. The van der Waals surface area contributed by atoms with Gasteiger partial charge in [-0.1, -0.05) is 42.5 Å². The largest absolute Gasteiger partial charge is 0.493 e. The highest BCUT2D eigenvalue weighted by Crippen LogP contribution is 2.25. The van der Waals surface area contributed by atoms with Crippen molar-refractivity contribution in [2.45, 2.75) is 6.54 Å². The number of methoxy groups -OCH3 is 1. The lowest BCUT2D eigenvalue weighted by molar-refractivity contribution is -0.122. The number of para-hydroxylation sites is 2. The van der Waals surface area contributed by atoms with Crippen LogP contribution in [0, 0.1) is 0 Å². The number of nitrogens with one attached hydrogen (secondary N) is 1. The maximum atomic E-state index is 12.6. The van der Waals surface area contributed by atoms with Gasteiger partial charge < -0.3 is 14.8 Å². The van der Waals surface area contributed by atoms with Crippen molar-refractivity contribution >= 4 is 15.9 Å². The Kier molecular flexibility index (Phi) is 8.27. The minimum absolute atomic E-state index is 0.0423. The molecule has 168 valence electrons. The molecule has 2 aromatic carbocycles. The molecule has 0 radical (unpaired) electrons. The molecule has 0 aliphatic carbocycles. The van der Waals surface area contributed by atoms with E-state index in [4.69, 9.17) is 9.47 Å². The maximum Gasteiger partial charge on any atom is 0.257 e. The lowest BCUT2D eigenvalue weighted by atomic mass is 10.2. The number of carbonyl (C=O) groups excluding carboxylic acids is 1. The minimum atomic E-state index is -3.42. The van der Waals surface area contributed by atoms with Crippen molar-refractivity contribution in [2.24, 2.45) is 0 Å². The fourth-order valence-electron chi connectivity index (χ4n) is 3.39. The smallest absolute Gasteiger partial charge is 0.257 e. The van der Waals surface area contributed by atoms with E-state index in [1.807, 2.05) is 18.2 Å². The SMILES string of the molecule is COc1ccccc1OCC(=O)NCCS(=O)(=O)N1CCN(Cc2ccccc2)CC1. The molecule has 9 heteroatoms. The van der Waals surface area contributed by atoms with Gasteiger partial charge in [0.05, 0.1) is 12.9 Å². The van der Waals surface area contributed by atoms with Gasteiger partial charge >= 0.3 is 0 Å². The normalized spacial score (nSPS) is 15.4. The monoisotopic (exact) mass is 447 g/mol. The van der Waals surface area contributed by atoms with Gasteiger partial charge in [0, 0.05) is 39.3 Å². The Morgan fingerprint density at radius 1 is 0.968 bits per heavy atom. The van der Waals surface area contributed by atoms with Crippen LogP contribution in [-0.2, 0) is 21.4 Å². The van der Waals surface area contributed by atoms with Gasteiger partial charge in [-0.15, -0.1) is 0 Å². The average Bonchev–Trinajstić information content (AvgIpc) is 2.79. The first-order valence-corrected chi connectivity index (χ1v) is 11.9. The van der Waals surface area contributed by atoms with E-state index in [0.29, 0.717) is 37.7 Å². The Hall–Kier alpha value is -2.62. The summed E-state index contributed by atoms with van der Waals surface area (Å²) in [6.07, 6.45) is 0. The fraction of sp³-hybridized carbons (Fsp3) is 0.409. The first kappa shape index (κ1) is 23.1. The molecule has 1 fully saturated rings. The molecule has 3 rings (SSSR count). The summed E-state index contributed by atoms with van der Waals surface area (Å²) in [4.78, 5) is 14.3. The second kappa shape index (κ2) is 11.1. The van der Waals surface area contributed by atoms with Crippen LogP contribution in [0.2, 0.25) is 0 Å². The molecule has 0 spiro atoms. The van der Waals surface area contributed by atoms with E-state index in [1.54, 1.807) is 24.3 Å². The molecule has 1 aliphatic heterocycles. The van der Waals surface area contributed by atoms with Gasteiger partial charge in [-0.3, -0.25) is 9.69 Å². The number of hydrogen-bond acceptors (Lipinski definition) is 6. The quantitative estimate of drug-likeness (QED) is 0.591. The van der Waals surface area contributed by atoms with Gasteiger partial charge in [-0.2, -0.15) is 4.31 Å². The van der Waals surface area contributed by atoms with Gasteiger partial charge in [0.25, 0.3) is 5.91 Å². The predicted molar refractivity (Wildman–Crippen MR) is 119 cm³/mol. The highest BCUT2D eigenvalue weighted by atomic mass is 32.2. The Morgan fingerprint density at radius 2 is 1.61 bits per heavy atom. The standard InChI is InChI=1S/C22H29N3O5S/c1-29-20-9-5-6-10-21(20)30-18-22(26)23-11-16-31(27,28)25-14-12-24(13-15-25)17-19-7-3-2-4-8-19/h2-10H,11-18H2,1H3,(H,23,26). The summed E-state index contributed by atoms with van der Waals surface area (Å²) in [6, 6.07) is 17.2. The number of rotatable bonds is 10. The molecular weight excluding hydrogens is 418 g/mol. The molecule has 0 aromatic heterocycles. The molecule has 1 saturated heterocycles. The number of carbonyl (C=O) groups is 1. The Labute approximate surface area is 183 Å². The zero-order chi connectivity index (χ0) is 22.1. The third-order valence-electron chi connectivity index (χ3n) is 5.08. The zero-order valence-corrected chi connectivity index (χ0v) is 18.5. The van der Waals surface area contributed by atoms with Crippen LogP contribution in [-0.4, -0.2) is 75.7 Å². The van der Waals surface area contributed by atoms with Crippen molar-refractivity contribution < 1.29 is 22.7 Å². The van der Waals surface area contributed by atoms with Crippen molar-refractivity contribution in [3.63, 3.8) is 0 Å². The van der Waals surface area contributed by atoms with Crippen molar-refractivity contribution in [3.8, 4) is 11.5 Å². The van der Waals surface area contributed by atoms with Gasteiger partial charge in [0.15, 0.2) is 18.1 Å². The van der Waals surface area contributed by atoms with Crippen LogP contribution in [0.15, 0.2) is 54.6 Å². The fourth-order valence-corrected chi connectivity index (χ4v) is 4.73. The molecule has 0 atom stereocenters. The molecule has 0 saturated carbocycles. The molecule has 8 nitrogen and oxygen atoms in total. The number of hydrogen-bond donors (Lipinski definition) is 1. The Morgan fingerprint density at radius 3 is 2.29 bits per heavy atom. The minimum Gasteiger partial charge on any atom is -0.493 e. The van der Waals surface area contributed by atoms with Gasteiger partial charge in [0.2, 0.25) is 10.0 Å². The number of benzene rings is 2. The highest BCUT2D eigenvalue weighted by Gasteiger charge is 2.26. The summed E-state index contributed by atoms with van der Waals surface area (Å²) in [5, 5.41) is 2.61. The first-order chi connectivity index (χ1) is 15.0. The molecular formula is C22H29N3O5S. The molecule has 1 heterocycles. The van der Waals surface area contributed by atoms with Crippen molar-refractivity contribution in [3.05, 3.63) is 60.2 Å². The summed E-state index contributed by atoms with van der Waals surface area (Å²) in [6.45, 7) is 2.94. The van der Waals surface area contributed by atoms with Crippen LogP contribution in [0.1, 0.15) is 5.56 Å². The molecule has 2 aromatic rings. The molecule has 1 N–H and O–H groups in total. The number of ether oxygens (including phenoxy) is 2. The molecule has 1 amide bonds. The molecule has 0 unspecified atom stereocenters. The molecule has 31 heavy (non-hydrogen) atoms. The summed E-state index contributed by atoms with van der Waals surface area (Å²) < 4.78 is 37.3. The van der Waals surface area contributed by atoms with E-state index in [2.05, 4.69) is 22.3 Å². The average molecular weight is 448 g/mol. The summed E-state index contributed by atoms with van der Waals surface area (Å²) in [5.41, 5.74) is 1.22. The van der Waals surface area contributed by atoms with E-state index < -0.39 is 10.0 Å². The lowest BCUT2D eigenvalue weighted by Crippen LogP contribution is -2.49. The second-order valence-corrected chi connectivity index (χ2v) is 9.35. The van der Waals surface area contributed by atoms with Crippen LogP contribution < -0.4 is 14.8 Å². The van der Waals surface area contributed by atoms with Gasteiger partial charge in [-0.25, -0.2) is 8.42 Å². The van der Waals surface area contributed by atoms with Gasteiger partial charge in [-0.05, 0) is 17.7 Å². The number of amides is 1. The summed E-state index contributed by atoms with van der Waals surface area (Å²) in [5.74, 6) is 0.478. The third kappa shape index (κ3) is 6.95. The Bertz CT molecular complexity index is 945. The third-order valence-corrected chi connectivity index (χ3v) is 6.96. The van der Waals surface area contributed by atoms with E-state index in [-0.39, 0.29) is 24.8 Å². The topological polar surface area (TPSA) is 88.2 Å². The summed E-state index contributed by atoms with van der Waals surface area (Å²) in [7, 11) is -1.90. The first-order valence-electron chi connectivity index (χ1n) is 10.2. The van der Waals surface area contributed by atoms with Crippen molar-refractivity contribution in [2.75, 3.05) is 52.2 Å². The summed E-state index contributed by atoms with van der Waals surface area (Å²) >= 11 is 0. The number of piperazine rings is 1. The van der Waals surface area contributed by atoms with Gasteiger partial charge in [0.1, 0.15) is 0 Å². The van der Waals surface area contributed by atoms with Crippen LogP contribution in [0.3, 0.4) is 0 Å². The van der Waals surface area contributed by atoms with Crippen LogP contribution in [0.25, 0.3) is 0 Å². The zero-order valence-electron chi connectivity index (χ0n) is 17.7. The van der Waals surface area contributed by atoms with E-state index in [0.717, 1.165) is 6.54 Å². The number of sulfonamides is 1. The molecule has 0 bridgehead atoms. The maximum absolute atomic E-state index is 12.6. The van der Waals surface area contributed by atoms with E-state index in [1.165, 1.54) is 17.0 Å². The van der Waals surface area contributed by atoms with Crippen LogP contribution >= 0.6 is 0 Å². The number of nitrogens with zero attached hydrogens (tertiary/aromatic N) is 2. The van der Waals surface area contributed by atoms with Crippen molar-refractivity contribution in [1.82, 2.24) is 14.5 Å². The second-order valence-electron chi connectivity index (χ2n) is 7.27. The Balaban J connectivity index is 1.37. The van der Waals surface area contributed by atoms with E-state index in [9.17, 15) is 13.2 Å². The van der Waals surface area contributed by atoms with E-state index >= 15 is 0 Å². The van der Waals surface area contributed by atoms with Crippen molar-refractivity contribution in [1.29, 1.82) is 0 Å². The van der Waals surface area contributed by atoms with Crippen LogP contribution in [0.5, 0.6) is 11.5 Å². The highest BCUT2D eigenvalue weighted by molar-refractivity contribution is 7.89. The lowest BCUT2D eigenvalue weighted by Gasteiger charge is -2.34. The molecule has 1 aliphatic rings.